The summed E-state index contributed by atoms with van der Waals surface area (Å²) in [4.78, 5) is 24.8. The van der Waals surface area contributed by atoms with Crippen molar-refractivity contribution < 1.29 is 14.6 Å². The normalized spacial score (nSPS) is 25.4. The van der Waals surface area contributed by atoms with Crippen LogP contribution in [0, 0.1) is 12.8 Å². The van der Waals surface area contributed by atoms with Crippen LogP contribution in [0.4, 0.5) is 5.82 Å². The minimum absolute atomic E-state index is 0.0868. The first-order valence-corrected chi connectivity index (χ1v) is 12.3. The van der Waals surface area contributed by atoms with Gasteiger partial charge >= 0.3 is 0 Å². The molecule has 1 aliphatic carbocycles. The predicted octanol–water partition coefficient (Wildman–Crippen LogP) is 4.37. The second kappa shape index (κ2) is 8.43. The highest BCUT2D eigenvalue weighted by molar-refractivity contribution is 7.14. The molecule has 3 aromatic rings. The Morgan fingerprint density at radius 3 is 3.03 bits per heavy atom. The first kappa shape index (κ1) is 20.8. The molecule has 0 unspecified atom stereocenters. The highest BCUT2D eigenvalue weighted by Gasteiger charge is 2.32. The number of hydrogen-bond acceptors (Lipinski definition) is 8. The van der Waals surface area contributed by atoms with E-state index in [0.29, 0.717) is 29.3 Å². The first-order chi connectivity index (χ1) is 15.0. The van der Waals surface area contributed by atoms with E-state index in [1.807, 2.05) is 19.9 Å². The van der Waals surface area contributed by atoms with Crippen LogP contribution in [-0.4, -0.2) is 39.6 Å². The Bertz CT molecular complexity index is 1100. The fraction of sp³-hybridized carbons (Fsp3) is 0.435. The molecule has 8 heteroatoms. The molecule has 5 rings (SSSR count). The SMILES string of the molecule is Cc1sc(C(=O)c2cncnc2N[C@@H]2C[C@@H](C)[C@H](O)C2)cc1[C@@H]1OCCc2ccsc21. The van der Waals surface area contributed by atoms with Gasteiger partial charge in [-0.25, -0.2) is 9.97 Å². The van der Waals surface area contributed by atoms with Crippen molar-refractivity contribution in [3.63, 3.8) is 0 Å². The molecule has 6 nitrogen and oxygen atoms in total. The third kappa shape index (κ3) is 3.93. The largest absolute Gasteiger partial charge is 0.393 e. The van der Waals surface area contributed by atoms with E-state index in [4.69, 9.17) is 4.74 Å². The molecule has 2 aliphatic rings. The lowest BCUT2D eigenvalue weighted by atomic mass is 10.0. The van der Waals surface area contributed by atoms with Gasteiger partial charge in [0.1, 0.15) is 18.2 Å². The van der Waals surface area contributed by atoms with Crippen LogP contribution >= 0.6 is 22.7 Å². The molecule has 2 N–H and O–H groups in total. The maximum absolute atomic E-state index is 13.4. The Balaban J connectivity index is 1.42. The van der Waals surface area contributed by atoms with Crippen LogP contribution in [0.25, 0.3) is 0 Å². The molecule has 0 radical (unpaired) electrons. The van der Waals surface area contributed by atoms with Gasteiger partial charge in [-0.05, 0) is 55.2 Å². The van der Waals surface area contributed by atoms with Gasteiger partial charge in [-0.1, -0.05) is 6.92 Å². The van der Waals surface area contributed by atoms with Crippen LogP contribution in [0.2, 0.25) is 0 Å². The van der Waals surface area contributed by atoms with Crippen LogP contribution in [-0.2, 0) is 11.2 Å². The van der Waals surface area contributed by atoms with E-state index in [2.05, 4.69) is 26.7 Å². The molecule has 0 amide bonds. The van der Waals surface area contributed by atoms with Crippen molar-refractivity contribution in [2.45, 2.75) is 51.4 Å². The van der Waals surface area contributed by atoms with E-state index >= 15 is 0 Å². The molecule has 0 aromatic carbocycles. The summed E-state index contributed by atoms with van der Waals surface area (Å²) in [5.41, 5.74) is 2.87. The van der Waals surface area contributed by atoms with E-state index in [-0.39, 0.29) is 30.0 Å². The number of aliphatic hydroxyl groups excluding tert-OH is 1. The van der Waals surface area contributed by atoms with Crippen LogP contribution in [0.3, 0.4) is 0 Å². The Hall–Kier alpha value is -2.13. The van der Waals surface area contributed by atoms with E-state index < -0.39 is 0 Å². The monoisotopic (exact) mass is 455 g/mol. The van der Waals surface area contributed by atoms with Gasteiger partial charge < -0.3 is 15.2 Å². The Labute approximate surface area is 189 Å². The van der Waals surface area contributed by atoms with Gasteiger partial charge in [0, 0.05) is 27.6 Å². The zero-order chi connectivity index (χ0) is 21.5. The highest BCUT2D eigenvalue weighted by atomic mass is 32.1. The minimum atomic E-state index is -0.321. The second-order valence-corrected chi connectivity index (χ2v) is 10.6. The van der Waals surface area contributed by atoms with Crippen molar-refractivity contribution in [3.8, 4) is 0 Å². The zero-order valence-corrected chi connectivity index (χ0v) is 19.1. The molecular weight excluding hydrogens is 430 g/mol. The van der Waals surface area contributed by atoms with Crippen molar-refractivity contribution in [1.82, 2.24) is 9.97 Å². The molecule has 31 heavy (non-hydrogen) atoms. The molecule has 1 fully saturated rings. The van der Waals surface area contributed by atoms with Crippen molar-refractivity contribution in [2.75, 3.05) is 11.9 Å². The summed E-state index contributed by atoms with van der Waals surface area (Å²) in [7, 11) is 0. The second-order valence-electron chi connectivity index (χ2n) is 8.40. The quantitative estimate of drug-likeness (QED) is 0.556. The van der Waals surface area contributed by atoms with Gasteiger partial charge in [0.2, 0.25) is 5.78 Å². The molecule has 0 spiro atoms. The number of aryl methyl sites for hydroxylation is 1. The van der Waals surface area contributed by atoms with Crippen molar-refractivity contribution >= 4 is 34.3 Å². The van der Waals surface area contributed by atoms with Gasteiger partial charge in [0.25, 0.3) is 0 Å². The number of thiophene rings is 2. The number of ether oxygens (including phenoxy) is 1. The summed E-state index contributed by atoms with van der Waals surface area (Å²) in [6.45, 7) is 4.78. The number of fused-ring (bicyclic) bond motifs is 1. The van der Waals surface area contributed by atoms with E-state index in [1.54, 1.807) is 17.5 Å². The molecule has 0 bridgehead atoms. The zero-order valence-electron chi connectivity index (χ0n) is 17.5. The number of carbonyl (C=O) groups is 1. The molecular formula is C23H25N3O3S2. The summed E-state index contributed by atoms with van der Waals surface area (Å²) in [6.07, 6.45) is 5.05. The van der Waals surface area contributed by atoms with Crippen LogP contribution in [0.1, 0.15) is 62.0 Å². The van der Waals surface area contributed by atoms with Gasteiger partial charge in [-0.15, -0.1) is 22.7 Å². The van der Waals surface area contributed by atoms with E-state index in [9.17, 15) is 9.90 Å². The Morgan fingerprint density at radius 2 is 2.23 bits per heavy atom. The third-order valence-corrected chi connectivity index (χ3v) is 8.34. The maximum Gasteiger partial charge on any atom is 0.208 e. The molecule has 1 aliphatic heterocycles. The summed E-state index contributed by atoms with van der Waals surface area (Å²) in [6, 6.07) is 4.24. The van der Waals surface area contributed by atoms with Crippen LogP contribution < -0.4 is 5.32 Å². The number of ketones is 1. The lowest BCUT2D eigenvalue weighted by Crippen LogP contribution is -2.20. The number of hydrogen-bond donors (Lipinski definition) is 2. The lowest BCUT2D eigenvalue weighted by Gasteiger charge is -2.23. The number of nitrogens with one attached hydrogen (secondary N) is 1. The average molecular weight is 456 g/mol. The van der Waals surface area contributed by atoms with Gasteiger partial charge in [0.15, 0.2) is 0 Å². The Morgan fingerprint density at radius 1 is 1.35 bits per heavy atom. The fourth-order valence-corrected chi connectivity index (χ4v) is 6.55. The fourth-order valence-electron chi connectivity index (χ4n) is 4.53. The summed E-state index contributed by atoms with van der Waals surface area (Å²) < 4.78 is 6.11. The first-order valence-electron chi connectivity index (χ1n) is 10.6. The summed E-state index contributed by atoms with van der Waals surface area (Å²) in [5, 5.41) is 15.5. The predicted molar refractivity (Wildman–Crippen MR) is 122 cm³/mol. The van der Waals surface area contributed by atoms with Crippen molar-refractivity contribution in [3.05, 3.63) is 61.4 Å². The topological polar surface area (TPSA) is 84.3 Å². The third-order valence-electron chi connectivity index (χ3n) is 6.27. The van der Waals surface area contributed by atoms with Crippen LogP contribution in [0.5, 0.6) is 0 Å². The number of aliphatic hydroxyl groups is 1. The average Bonchev–Trinajstić information content (AvgIpc) is 3.47. The standard InChI is InChI=1S/C23H25N3O3S2/c1-12-7-15(8-18(12)27)26-23-17(10-24-11-25-23)20(28)19-9-16(13(2)31-19)21-22-14(3-5-29-21)4-6-30-22/h4,6,9-12,15,18,21,27H,3,5,7-8H2,1-2H3,(H,24,25,26)/t12-,15-,18-,21+/m1/s1. The van der Waals surface area contributed by atoms with Crippen molar-refractivity contribution in [2.24, 2.45) is 5.92 Å². The van der Waals surface area contributed by atoms with Crippen LogP contribution in [0.15, 0.2) is 30.0 Å². The molecule has 1 saturated carbocycles. The van der Waals surface area contributed by atoms with Gasteiger partial charge in [-0.3, -0.25) is 4.79 Å². The minimum Gasteiger partial charge on any atom is -0.393 e. The van der Waals surface area contributed by atoms with Crippen molar-refractivity contribution in [1.29, 1.82) is 0 Å². The summed E-state index contributed by atoms with van der Waals surface area (Å²) in [5.74, 6) is 0.684. The smallest absolute Gasteiger partial charge is 0.208 e. The summed E-state index contributed by atoms with van der Waals surface area (Å²) >= 11 is 3.21. The number of nitrogens with zero attached hydrogens (tertiary/aromatic N) is 2. The highest BCUT2D eigenvalue weighted by Crippen LogP contribution is 2.40. The lowest BCUT2D eigenvalue weighted by molar-refractivity contribution is 0.0727. The maximum atomic E-state index is 13.4. The molecule has 162 valence electrons. The number of carbonyl (C=O) groups excluding carboxylic acids is 1. The van der Waals surface area contributed by atoms with Gasteiger partial charge in [-0.2, -0.15) is 0 Å². The van der Waals surface area contributed by atoms with Gasteiger partial charge in [0.05, 0.1) is 23.2 Å². The van der Waals surface area contributed by atoms with E-state index in [1.165, 1.54) is 28.1 Å². The number of anilines is 1. The van der Waals surface area contributed by atoms with E-state index in [0.717, 1.165) is 23.3 Å². The molecule has 4 heterocycles. The number of rotatable bonds is 5. The molecule has 3 aromatic heterocycles. The number of aromatic nitrogens is 2. The molecule has 0 saturated heterocycles. The Kier molecular flexibility index (Phi) is 5.64. The molecule has 4 atom stereocenters.